The molecule has 0 radical (unpaired) electrons. The number of non-ortho nitro benzene ring substituents is 1. The molecule has 8 nitrogen and oxygen atoms in total. The molecule has 0 unspecified atom stereocenters. The number of nitro benzene ring substituents is 1. The lowest BCUT2D eigenvalue weighted by molar-refractivity contribution is -0.384. The largest absolute Gasteiger partial charge is 0.424 e. The lowest BCUT2D eigenvalue weighted by atomic mass is 10.2. The number of hydrogen-bond acceptors (Lipinski definition) is 7. The third-order valence-corrected chi connectivity index (χ3v) is 5.76. The van der Waals surface area contributed by atoms with Crippen molar-refractivity contribution in [3.63, 3.8) is 0 Å². The monoisotopic (exact) mass is 652 g/mol. The molecule has 154 valence electrons. The van der Waals surface area contributed by atoms with Crippen molar-refractivity contribution in [2.24, 2.45) is 4.99 Å². The fourth-order valence-corrected chi connectivity index (χ4v) is 4.71. The van der Waals surface area contributed by atoms with Gasteiger partial charge in [-0.3, -0.25) is 14.9 Å². The SMILES string of the molecule is CCC(=O)Oc1c(I)cc(/C=C2\N=C(c3ccc([N+](=O)[O-])cc3Cl)OC2=O)cc1I. The number of carbonyl (C=O) groups excluding carboxylic acids is 2. The van der Waals surface area contributed by atoms with Crippen LogP contribution >= 0.6 is 56.8 Å². The molecular formula is C19H11ClI2N2O6. The van der Waals surface area contributed by atoms with Crippen LogP contribution in [-0.4, -0.2) is 22.8 Å². The lowest BCUT2D eigenvalue weighted by Crippen LogP contribution is -2.08. The van der Waals surface area contributed by atoms with Gasteiger partial charge in [-0.2, -0.15) is 0 Å². The van der Waals surface area contributed by atoms with Crippen LogP contribution in [0.2, 0.25) is 5.02 Å². The average molecular weight is 653 g/mol. The third kappa shape index (κ3) is 4.98. The molecular weight excluding hydrogens is 641 g/mol. The van der Waals surface area contributed by atoms with Crippen LogP contribution in [0.15, 0.2) is 41.0 Å². The average Bonchev–Trinajstić information content (AvgIpc) is 3.04. The molecule has 0 aromatic heterocycles. The van der Waals surface area contributed by atoms with Gasteiger partial charge < -0.3 is 9.47 Å². The van der Waals surface area contributed by atoms with Gasteiger partial charge in [0.25, 0.3) is 5.69 Å². The Morgan fingerprint density at radius 2 is 1.97 bits per heavy atom. The zero-order valence-electron chi connectivity index (χ0n) is 15.1. The van der Waals surface area contributed by atoms with E-state index < -0.39 is 10.9 Å². The van der Waals surface area contributed by atoms with Gasteiger partial charge in [-0.25, -0.2) is 9.79 Å². The molecule has 1 aliphatic rings. The Hall–Kier alpha value is -2.06. The maximum atomic E-state index is 12.2. The van der Waals surface area contributed by atoms with Gasteiger partial charge in [0.2, 0.25) is 5.90 Å². The third-order valence-electron chi connectivity index (χ3n) is 3.84. The number of benzene rings is 2. The van der Waals surface area contributed by atoms with Crippen molar-refractivity contribution in [2.45, 2.75) is 13.3 Å². The van der Waals surface area contributed by atoms with Crippen molar-refractivity contribution in [1.29, 1.82) is 0 Å². The summed E-state index contributed by atoms with van der Waals surface area (Å²) in [6.07, 6.45) is 1.79. The van der Waals surface area contributed by atoms with Crippen LogP contribution in [-0.2, 0) is 14.3 Å². The fraction of sp³-hybridized carbons (Fsp3) is 0.105. The van der Waals surface area contributed by atoms with Gasteiger partial charge in [0.05, 0.1) is 22.6 Å². The summed E-state index contributed by atoms with van der Waals surface area (Å²) in [5.41, 5.74) is 0.790. The summed E-state index contributed by atoms with van der Waals surface area (Å²) in [5.74, 6) is -0.596. The van der Waals surface area contributed by atoms with E-state index in [1.165, 1.54) is 18.2 Å². The number of ether oxygens (including phenoxy) is 2. The zero-order chi connectivity index (χ0) is 22.0. The highest BCUT2D eigenvalue weighted by atomic mass is 127. The second kappa shape index (κ2) is 9.39. The highest BCUT2D eigenvalue weighted by molar-refractivity contribution is 14.1. The van der Waals surface area contributed by atoms with E-state index >= 15 is 0 Å². The number of nitrogens with zero attached hydrogens (tertiary/aromatic N) is 2. The van der Waals surface area contributed by atoms with Crippen LogP contribution in [0.25, 0.3) is 6.08 Å². The minimum atomic E-state index is -0.675. The standard InChI is InChI=1S/C19H11ClI2N2O6/c1-2-16(25)29-17-13(21)5-9(6-14(17)22)7-15-19(26)30-18(23-15)11-4-3-10(24(27)28)8-12(11)20/h3-8H,2H2,1H3/b15-7-. The second-order valence-electron chi connectivity index (χ2n) is 5.90. The zero-order valence-corrected chi connectivity index (χ0v) is 20.2. The molecule has 30 heavy (non-hydrogen) atoms. The summed E-state index contributed by atoms with van der Waals surface area (Å²) in [4.78, 5) is 38.3. The second-order valence-corrected chi connectivity index (χ2v) is 8.63. The van der Waals surface area contributed by atoms with Crippen LogP contribution in [0.4, 0.5) is 5.69 Å². The van der Waals surface area contributed by atoms with Crippen molar-refractivity contribution < 1.29 is 24.0 Å². The summed E-state index contributed by atoms with van der Waals surface area (Å²) in [6, 6.07) is 7.27. The molecule has 1 aliphatic heterocycles. The number of carbonyl (C=O) groups is 2. The number of esters is 2. The summed E-state index contributed by atoms with van der Waals surface area (Å²) < 4.78 is 11.9. The van der Waals surface area contributed by atoms with E-state index in [4.69, 9.17) is 21.1 Å². The van der Waals surface area contributed by atoms with E-state index in [2.05, 4.69) is 4.99 Å². The molecule has 0 aliphatic carbocycles. The minimum absolute atomic E-state index is 0.0379. The van der Waals surface area contributed by atoms with Gasteiger partial charge in [0.1, 0.15) is 0 Å². The number of nitro groups is 1. The molecule has 0 bridgehead atoms. The summed E-state index contributed by atoms with van der Waals surface area (Å²) in [5, 5.41) is 10.9. The van der Waals surface area contributed by atoms with E-state index in [0.717, 1.165) is 6.07 Å². The summed E-state index contributed by atoms with van der Waals surface area (Å²) in [6.45, 7) is 1.71. The van der Waals surface area contributed by atoms with E-state index in [0.29, 0.717) is 18.5 Å². The van der Waals surface area contributed by atoms with Crippen LogP contribution in [0, 0.1) is 17.3 Å². The molecule has 0 spiro atoms. The Balaban J connectivity index is 1.93. The van der Waals surface area contributed by atoms with Gasteiger partial charge in [-0.15, -0.1) is 0 Å². The quantitative estimate of drug-likeness (QED) is 0.111. The van der Waals surface area contributed by atoms with Gasteiger partial charge in [-0.1, -0.05) is 18.5 Å². The van der Waals surface area contributed by atoms with Crippen molar-refractivity contribution in [1.82, 2.24) is 0 Å². The van der Waals surface area contributed by atoms with Gasteiger partial charge in [0.15, 0.2) is 11.4 Å². The molecule has 2 aromatic carbocycles. The number of halogens is 3. The van der Waals surface area contributed by atoms with Crippen molar-refractivity contribution >= 4 is 86.4 Å². The van der Waals surface area contributed by atoms with E-state index in [-0.39, 0.29) is 40.3 Å². The molecule has 2 aromatic rings. The minimum Gasteiger partial charge on any atom is -0.424 e. The van der Waals surface area contributed by atoms with Gasteiger partial charge in [0, 0.05) is 18.6 Å². The van der Waals surface area contributed by atoms with E-state index in [1.54, 1.807) is 19.1 Å². The predicted molar refractivity (Wildman–Crippen MR) is 127 cm³/mol. The summed E-state index contributed by atoms with van der Waals surface area (Å²) >= 11 is 10.2. The lowest BCUT2D eigenvalue weighted by Gasteiger charge is -2.09. The van der Waals surface area contributed by atoms with Crippen molar-refractivity contribution in [2.75, 3.05) is 0 Å². The normalized spacial score (nSPS) is 14.5. The summed E-state index contributed by atoms with van der Waals surface area (Å²) in [7, 11) is 0. The molecule has 1 heterocycles. The van der Waals surface area contributed by atoms with Crippen LogP contribution in [0.5, 0.6) is 5.75 Å². The molecule has 0 atom stereocenters. The topological polar surface area (TPSA) is 108 Å². The van der Waals surface area contributed by atoms with Crippen LogP contribution < -0.4 is 4.74 Å². The van der Waals surface area contributed by atoms with Crippen molar-refractivity contribution in [3.8, 4) is 5.75 Å². The van der Waals surface area contributed by atoms with Gasteiger partial charge >= 0.3 is 11.9 Å². The number of rotatable bonds is 5. The molecule has 0 fully saturated rings. The molecule has 3 rings (SSSR count). The van der Waals surface area contributed by atoms with Crippen LogP contribution in [0.3, 0.4) is 0 Å². The Kier molecular flexibility index (Phi) is 7.08. The molecule has 0 saturated carbocycles. The van der Waals surface area contributed by atoms with Crippen LogP contribution in [0.1, 0.15) is 24.5 Å². The maximum absolute atomic E-state index is 12.2. The number of cyclic esters (lactones) is 1. The molecule has 11 heteroatoms. The Morgan fingerprint density at radius 3 is 2.53 bits per heavy atom. The first-order valence-electron chi connectivity index (χ1n) is 8.36. The first kappa shape index (κ1) is 22.6. The molecule has 0 amide bonds. The highest BCUT2D eigenvalue weighted by Gasteiger charge is 2.26. The number of aliphatic imine (C=N–C) groups is 1. The van der Waals surface area contributed by atoms with E-state index in [1.807, 2.05) is 45.2 Å². The Morgan fingerprint density at radius 1 is 1.30 bits per heavy atom. The van der Waals surface area contributed by atoms with E-state index in [9.17, 15) is 19.7 Å². The van der Waals surface area contributed by atoms with Crippen molar-refractivity contribution in [3.05, 3.63) is 69.4 Å². The highest BCUT2D eigenvalue weighted by Crippen LogP contribution is 2.31. The fourth-order valence-electron chi connectivity index (χ4n) is 2.42. The molecule has 0 N–H and O–H groups in total. The molecule has 0 saturated heterocycles. The Bertz CT molecular complexity index is 1120. The van der Waals surface area contributed by atoms with Gasteiger partial charge in [-0.05, 0) is 75.0 Å². The smallest absolute Gasteiger partial charge is 0.363 e. The Labute approximate surface area is 202 Å². The first-order valence-corrected chi connectivity index (χ1v) is 10.9. The number of hydrogen-bond donors (Lipinski definition) is 0. The maximum Gasteiger partial charge on any atom is 0.363 e. The predicted octanol–water partition coefficient (Wildman–Crippen LogP) is 5.12. The first-order chi connectivity index (χ1) is 14.2.